The third kappa shape index (κ3) is 6.73. The molecular formula is C30H36N4O2. The molecule has 1 heterocycles. The molecule has 188 valence electrons. The third-order valence-electron chi connectivity index (χ3n) is 6.70. The van der Waals surface area contributed by atoms with E-state index >= 15 is 0 Å². The van der Waals surface area contributed by atoms with E-state index in [1.165, 1.54) is 11.1 Å². The van der Waals surface area contributed by atoms with Gasteiger partial charge in [0, 0.05) is 25.7 Å². The highest BCUT2D eigenvalue weighted by molar-refractivity contribution is 6.03. The predicted octanol–water partition coefficient (Wildman–Crippen LogP) is 5.59. The molecule has 0 atom stereocenters. The van der Waals surface area contributed by atoms with Gasteiger partial charge in [0.1, 0.15) is 0 Å². The fraction of sp³-hybridized carbons (Fsp3) is 0.333. The number of carbonyl (C=O) groups excluding carboxylic acids is 2. The van der Waals surface area contributed by atoms with Crippen molar-refractivity contribution in [3.05, 3.63) is 102 Å². The predicted molar refractivity (Wildman–Crippen MR) is 145 cm³/mol. The van der Waals surface area contributed by atoms with Gasteiger partial charge in [0.15, 0.2) is 0 Å². The Morgan fingerprint density at radius 2 is 1.44 bits per heavy atom. The molecule has 6 heteroatoms. The monoisotopic (exact) mass is 484 g/mol. The molecule has 0 aromatic heterocycles. The van der Waals surface area contributed by atoms with E-state index in [2.05, 4.69) is 88.4 Å². The Bertz CT molecular complexity index is 1070. The molecule has 1 fully saturated rings. The number of likely N-dealkylation sites (tertiary alicyclic amines) is 1. The van der Waals surface area contributed by atoms with E-state index < -0.39 is 0 Å². The zero-order valence-corrected chi connectivity index (χ0v) is 21.0. The van der Waals surface area contributed by atoms with Gasteiger partial charge in [-0.05, 0) is 42.5 Å². The summed E-state index contributed by atoms with van der Waals surface area (Å²) in [6.45, 7) is 4.47. The van der Waals surface area contributed by atoms with Crippen LogP contribution in [-0.2, 0) is 0 Å². The maximum Gasteiger partial charge on any atom is 0.319 e. The van der Waals surface area contributed by atoms with Crippen LogP contribution in [0.2, 0.25) is 0 Å². The zero-order valence-electron chi connectivity index (χ0n) is 21.0. The van der Waals surface area contributed by atoms with Gasteiger partial charge in [-0.3, -0.25) is 9.69 Å². The molecule has 3 amide bonds. The molecule has 3 aromatic rings. The number of nitrogens with one attached hydrogen (secondary N) is 3. The average Bonchev–Trinajstić information content (AvgIpc) is 2.91. The lowest BCUT2D eigenvalue weighted by Gasteiger charge is -2.38. The first-order valence-corrected chi connectivity index (χ1v) is 12.9. The van der Waals surface area contributed by atoms with Crippen LogP contribution >= 0.6 is 0 Å². The van der Waals surface area contributed by atoms with Crippen molar-refractivity contribution in [1.82, 2.24) is 15.5 Å². The number of hydrogen-bond acceptors (Lipinski definition) is 3. The van der Waals surface area contributed by atoms with Gasteiger partial charge >= 0.3 is 6.03 Å². The van der Waals surface area contributed by atoms with E-state index in [1.807, 2.05) is 12.1 Å². The molecule has 1 aliphatic rings. The van der Waals surface area contributed by atoms with Crippen molar-refractivity contribution in [3.63, 3.8) is 0 Å². The molecule has 0 saturated carbocycles. The Balaban J connectivity index is 1.38. The van der Waals surface area contributed by atoms with Gasteiger partial charge in [-0.2, -0.15) is 0 Å². The maximum absolute atomic E-state index is 13.1. The summed E-state index contributed by atoms with van der Waals surface area (Å²) in [5.41, 5.74) is 3.57. The summed E-state index contributed by atoms with van der Waals surface area (Å²) in [7, 11) is 0. The molecule has 6 nitrogen and oxygen atoms in total. The number of carbonyl (C=O) groups is 2. The second kappa shape index (κ2) is 12.9. The summed E-state index contributed by atoms with van der Waals surface area (Å²) in [6, 6.07) is 28.4. The van der Waals surface area contributed by atoms with Gasteiger partial charge in [-0.25, -0.2) is 4.79 Å². The molecule has 4 rings (SSSR count). The fourth-order valence-electron chi connectivity index (χ4n) is 4.79. The first-order valence-electron chi connectivity index (χ1n) is 12.9. The Hall–Kier alpha value is -3.64. The van der Waals surface area contributed by atoms with Gasteiger partial charge < -0.3 is 16.0 Å². The van der Waals surface area contributed by atoms with Crippen LogP contribution in [0.25, 0.3) is 0 Å². The van der Waals surface area contributed by atoms with Crippen LogP contribution in [0.3, 0.4) is 0 Å². The molecule has 0 unspecified atom stereocenters. The number of hydrogen-bond donors (Lipinski definition) is 3. The first kappa shape index (κ1) is 25.5. The Labute approximate surface area is 214 Å². The summed E-state index contributed by atoms with van der Waals surface area (Å²) in [6.07, 6.45) is 3.67. The SMILES string of the molecule is CCCCNC(=O)Nc1ccccc1C(=O)NC1CCN(C(c2ccccc2)c2ccccc2)CC1. The number of urea groups is 1. The Morgan fingerprint density at radius 1 is 0.861 bits per heavy atom. The van der Waals surface area contributed by atoms with Crippen molar-refractivity contribution in [1.29, 1.82) is 0 Å². The lowest BCUT2D eigenvalue weighted by molar-refractivity contribution is 0.0901. The van der Waals surface area contributed by atoms with Crippen LogP contribution in [0.4, 0.5) is 10.5 Å². The number of piperidine rings is 1. The zero-order chi connectivity index (χ0) is 25.2. The van der Waals surface area contributed by atoms with Crippen molar-refractivity contribution in [2.45, 2.75) is 44.7 Å². The average molecular weight is 485 g/mol. The summed E-state index contributed by atoms with van der Waals surface area (Å²) in [4.78, 5) is 27.9. The molecule has 0 bridgehead atoms. The smallest absolute Gasteiger partial charge is 0.319 e. The number of rotatable bonds is 9. The van der Waals surface area contributed by atoms with Crippen LogP contribution in [0, 0.1) is 0 Å². The highest BCUT2D eigenvalue weighted by atomic mass is 16.2. The fourth-order valence-corrected chi connectivity index (χ4v) is 4.79. The van der Waals surface area contributed by atoms with Crippen LogP contribution < -0.4 is 16.0 Å². The molecule has 1 saturated heterocycles. The van der Waals surface area contributed by atoms with Gasteiger partial charge in [0.05, 0.1) is 17.3 Å². The number of benzene rings is 3. The van der Waals surface area contributed by atoms with Gasteiger partial charge in [0.25, 0.3) is 5.91 Å². The second-order valence-corrected chi connectivity index (χ2v) is 9.29. The van der Waals surface area contributed by atoms with Crippen LogP contribution in [0.15, 0.2) is 84.9 Å². The van der Waals surface area contributed by atoms with Crippen molar-refractivity contribution in [2.24, 2.45) is 0 Å². The Kier molecular flexibility index (Phi) is 9.11. The van der Waals surface area contributed by atoms with Crippen molar-refractivity contribution < 1.29 is 9.59 Å². The maximum atomic E-state index is 13.1. The molecule has 1 aliphatic heterocycles. The Morgan fingerprint density at radius 3 is 2.06 bits per heavy atom. The molecule has 36 heavy (non-hydrogen) atoms. The number of unbranched alkanes of at least 4 members (excludes halogenated alkanes) is 1. The lowest BCUT2D eigenvalue weighted by atomic mass is 9.94. The molecule has 0 aliphatic carbocycles. The number of nitrogens with zero attached hydrogens (tertiary/aromatic N) is 1. The highest BCUT2D eigenvalue weighted by Gasteiger charge is 2.28. The quantitative estimate of drug-likeness (QED) is 0.347. The van der Waals surface area contributed by atoms with Crippen LogP contribution in [0.5, 0.6) is 0 Å². The molecule has 0 radical (unpaired) electrons. The van der Waals surface area contributed by atoms with E-state index in [1.54, 1.807) is 12.1 Å². The largest absolute Gasteiger partial charge is 0.349 e. The minimum atomic E-state index is -0.287. The van der Waals surface area contributed by atoms with E-state index in [9.17, 15) is 9.59 Å². The summed E-state index contributed by atoms with van der Waals surface area (Å²) in [5, 5.41) is 8.86. The number of anilines is 1. The normalized spacial score (nSPS) is 14.4. The minimum absolute atomic E-state index is 0.0902. The summed E-state index contributed by atoms with van der Waals surface area (Å²) in [5.74, 6) is -0.152. The van der Waals surface area contributed by atoms with Gasteiger partial charge in [0.2, 0.25) is 0 Å². The third-order valence-corrected chi connectivity index (χ3v) is 6.70. The highest BCUT2D eigenvalue weighted by Crippen LogP contribution is 2.31. The molecular weight excluding hydrogens is 448 g/mol. The molecule has 3 aromatic carbocycles. The minimum Gasteiger partial charge on any atom is -0.349 e. The van der Waals surface area contributed by atoms with Crippen molar-refractivity contribution in [3.8, 4) is 0 Å². The van der Waals surface area contributed by atoms with Crippen molar-refractivity contribution in [2.75, 3.05) is 25.0 Å². The van der Waals surface area contributed by atoms with E-state index in [-0.39, 0.29) is 24.0 Å². The topological polar surface area (TPSA) is 73.5 Å². The molecule has 0 spiro atoms. The summed E-state index contributed by atoms with van der Waals surface area (Å²) >= 11 is 0. The summed E-state index contributed by atoms with van der Waals surface area (Å²) < 4.78 is 0. The first-order chi connectivity index (χ1) is 17.7. The standard InChI is InChI=1S/C30H36N4O2/c1-2-3-20-31-30(36)33-27-17-11-10-16-26(27)29(35)32-25-18-21-34(22-19-25)28(23-12-6-4-7-13-23)24-14-8-5-9-15-24/h4-17,25,28H,2-3,18-22H2,1H3,(H,32,35)(H2,31,33,36). The van der Waals surface area contributed by atoms with E-state index in [0.29, 0.717) is 17.8 Å². The van der Waals surface area contributed by atoms with Crippen molar-refractivity contribution >= 4 is 17.6 Å². The second-order valence-electron chi connectivity index (χ2n) is 9.29. The number of amides is 3. The van der Waals surface area contributed by atoms with Crippen LogP contribution in [-0.4, -0.2) is 42.5 Å². The van der Waals surface area contributed by atoms with Gasteiger partial charge in [-0.15, -0.1) is 0 Å². The van der Waals surface area contributed by atoms with Crippen LogP contribution in [0.1, 0.15) is 60.1 Å². The molecule has 3 N–H and O–H groups in total. The van der Waals surface area contributed by atoms with Gasteiger partial charge in [-0.1, -0.05) is 86.1 Å². The van der Waals surface area contributed by atoms with E-state index in [0.717, 1.165) is 38.8 Å². The lowest BCUT2D eigenvalue weighted by Crippen LogP contribution is -2.46. The number of para-hydroxylation sites is 1. The van der Waals surface area contributed by atoms with E-state index in [4.69, 9.17) is 0 Å².